The highest BCUT2D eigenvalue weighted by molar-refractivity contribution is 5.63. The van der Waals surface area contributed by atoms with Crippen molar-refractivity contribution in [2.75, 3.05) is 5.73 Å². The highest BCUT2D eigenvalue weighted by Crippen LogP contribution is 2.27. The Kier molecular flexibility index (Phi) is 2.39. The van der Waals surface area contributed by atoms with Crippen LogP contribution in [0.1, 0.15) is 24.0 Å². The topological polar surface area (TPSA) is 43.8 Å². The smallest absolute Gasteiger partial charge is 0.200 e. The fraction of sp³-hybridized carbons (Fsp3) is 0.357. The van der Waals surface area contributed by atoms with Gasteiger partial charge in [-0.15, -0.1) is 0 Å². The summed E-state index contributed by atoms with van der Waals surface area (Å²) in [6.45, 7) is 0. The first-order valence-corrected chi connectivity index (χ1v) is 6.15. The number of hydrogen-bond donors (Lipinski definition) is 1. The van der Waals surface area contributed by atoms with E-state index in [4.69, 9.17) is 5.73 Å². The van der Waals surface area contributed by atoms with Crippen molar-refractivity contribution >= 4 is 5.95 Å². The zero-order valence-corrected chi connectivity index (χ0v) is 10.1. The van der Waals surface area contributed by atoms with Crippen LogP contribution in [-0.2, 0) is 19.9 Å². The SMILES string of the molecule is Cn1c(-c2ccc3c(c2)CCCC3)cnc1N. The maximum Gasteiger partial charge on any atom is 0.200 e. The number of fused-ring (bicyclic) bond motifs is 1. The van der Waals surface area contributed by atoms with Crippen molar-refractivity contribution in [1.29, 1.82) is 0 Å². The van der Waals surface area contributed by atoms with Gasteiger partial charge >= 0.3 is 0 Å². The summed E-state index contributed by atoms with van der Waals surface area (Å²) in [5.41, 5.74) is 11.1. The molecule has 0 unspecified atom stereocenters. The molecule has 1 aromatic heterocycles. The van der Waals surface area contributed by atoms with Crippen LogP contribution in [0.3, 0.4) is 0 Å². The second-order valence-corrected chi connectivity index (χ2v) is 4.75. The van der Waals surface area contributed by atoms with Gasteiger partial charge in [0.25, 0.3) is 0 Å². The van der Waals surface area contributed by atoms with Gasteiger partial charge in [-0.3, -0.25) is 0 Å². The Labute approximate surface area is 101 Å². The van der Waals surface area contributed by atoms with E-state index in [1.165, 1.54) is 42.4 Å². The Morgan fingerprint density at radius 3 is 2.65 bits per heavy atom. The summed E-state index contributed by atoms with van der Waals surface area (Å²) >= 11 is 0. The molecular formula is C14H17N3. The van der Waals surface area contributed by atoms with Crippen LogP contribution >= 0.6 is 0 Å². The Hall–Kier alpha value is -1.77. The molecule has 0 atom stereocenters. The van der Waals surface area contributed by atoms with Crippen LogP contribution in [0.5, 0.6) is 0 Å². The maximum absolute atomic E-state index is 5.77. The van der Waals surface area contributed by atoms with Crippen LogP contribution < -0.4 is 5.73 Å². The van der Waals surface area contributed by atoms with Crippen molar-refractivity contribution in [3.8, 4) is 11.3 Å². The Bertz CT molecular complexity index is 555. The predicted octanol–water partition coefficient (Wildman–Crippen LogP) is 2.55. The maximum atomic E-state index is 5.77. The predicted molar refractivity (Wildman–Crippen MR) is 69.7 cm³/mol. The van der Waals surface area contributed by atoms with E-state index in [2.05, 4.69) is 23.2 Å². The molecule has 3 nitrogen and oxygen atoms in total. The van der Waals surface area contributed by atoms with E-state index >= 15 is 0 Å². The summed E-state index contributed by atoms with van der Waals surface area (Å²) in [5.74, 6) is 0.567. The largest absolute Gasteiger partial charge is 0.369 e. The van der Waals surface area contributed by atoms with Crippen molar-refractivity contribution in [1.82, 2.24) is 9.55 Å². The summed E-state index contributed by atoms with van der Waals surface area (Å²) in [6.07, 6.45) is 6.91. The summed E-state index contributed by atoms with van der Waals surface area (Å²) in [4.78, 5) is 4.15. The number of nitrogens with two attached hydrogens (primary N) is 1. The molecule has 0 saturated heterocycles. The minimum absolute atomic E-state index is 0.567. The fourth-order valence-corrected chi connectivity index (χ4v) is 2.58. The monoisotopic (exact) mass is 227 g/mol. The zero-order valence-electron chi connectivity index (χ0n) is 10.1. The standard InChI is InChI=1S/C14H17N3/c1-17-13(9-16-14(17)15)12-7-6-10-4-2-3-5-11(10)8-12/h6-9H,2-5H2,1H3,(H2,15,16). The van der Waals surface area contributed by atoms with Crippen molar-refractivity contribution in [2.45, 2.75) is 25.7 Å². The van der Waals surface area contributed by atoms with Crippen LogP contribution in [0, 0.1) is 0 Å². The lowest BCUT2D eigenvalue weighted by molar-refractivity contribution is 0.686. The van der Waals surface area contributed by atoms with E-state index in [1.807, 2.05) is 17.8 Å². The first-order chi connectivity index (χ1) is 8.25. The van der Waals surface area contributed by atoms with Crippen molar-refractivity contribution < 1.29 is 0 Å². The van der Waals surface area contributed by atoms with Gasteiger partial charge in [0.2, 0.25) is 0 Å². The molecule has 1 aliphatic carbocycles. The molecule has 0 radical (unpaired) electrons. The normalized spacial score (nSPS) is 14.6. The van der Waals surface area contributed by atoms with E-state index in [1.54, 1.807) is 0 Å². The summed E-state index contributed by atoms with van der Waals surface area (Å²) in [7, 11) is 1.96. The minimum Gasteiger partial charge on any atom is -0.369 e. The average Bonchev–Trinajstić information content (AvgIpc) is 2.70. The number of anilines is 1. The van der Waals surface area contributed by atoms with Gasteiger partial charge < -0.3 is 10.3 Å². The van der Waals surface area contributed by atoms with Gasteiger partial charge in [0.15, 0.2) is 5.95 Å². The molecule has 1 aliphatic rings. The molecule has 0 fully saturated rings. The molecule has 88 valence electrons. The van der Waals surface area contributed by atoms with Gasteiger partial charge in [-0.05, 0) is 42.9 Å². The number of nitrogen functional groups attached to an aromatic ring is 1. The van der Waals surface area contributed by atoms with Crippen molar-refractivity contribution in [3.63, 3.8) is 0 Å². The molecule has 0 aliphatic heterocycles. The number of benzene rings is 1. The van der Waals surface area contributed by atoms with Gasteiger partial charge in [0.1, 0.15) is 0 Å². The number of hydrogen-bond acceptors (Lipinski definition) is 2. The zero-order chi connectivity index (χ0) is 11.8. The van der Waals surface area contributed by atoms with Crippen molar-refractivity contribution in [3.05, 3.63) is 35.5 Å². The van der Waals surface area contributed by atoms with Crippen LogP contribution in [0.4, 0.5) is 5.95 Å². The third kappa shape index (κ3) is 1.71. The Morgan fingerprint density at radius 2 is 1.94 bits per heavy atom. The number of imidazole rings is 1. The van der Waals surface area contributed by atoms with Gasteiger partial charge in [0, 0.05) is 12.6 Å². The molecule has 1 aromatic carbocycles. The van der Waals surface area contributed by atoms with Crippen LogP contribution in [0.25, 0.3) is 11.3 Å². The minimum atomic E-state index is 0.567. The molecule has 3 heteroatoms. The van der Waals surface area contributed by atoms with Crippen LogP contribution in [0.15, 0.2) is 24.4 Å². The first-order valence-electron chi connectivity index (χ1n) is 6.15. The Morgan fingerprint density at radius 1 is 1.18 bits per heavy atom. The highest BCUT2D eigenvalue weighted by Gasteiger charge is 2.12. The second kappa shape index (κ2) is 3.91. The summed E-state index contributed by atoms with van der Waals surface area (Å²) in [6, 6.07) is 6.73. The van der Waals surface area contributed by atoms with Gasteiger partial charge in [0.05, 0.1) is 11.9 Å². The molecule has 17 heavy (non-hydrogen) atoms. The van der Waals surface area contributed by atoms with Gasteiger partial charge in [-0.25, -0.2) is 4.98 Å². The molecular weight excluding hydrogens is 210 g/mol. The summed E-state index contributed by atoms with van der Waals surface area (Å²) in [5, 5.41) is 0. The van der Waals surface area contributed by atoms with Gasteiger partial charge in [-0.2, -0.15) is 0 Å². The lowest BCUT2D eigenvalue weighted by Crippen LogP contribution is -2.03. The van der Waals surface area contributed by atoms with E-state index in [-0.39, 0.29) is 0 Å². The third-order valence-electron chi connectivity index (χ3n) is 3.67. The number of nitrogens with zero attached hydrogens (tertiary/aromatic N) is 2. The number of aromatic nitrogens is 2. The van der Waals surface area contributed by atoms with E-state index in [0.29, 0.717) is 5.95 Å². The molecule has 1 heterocycles. The molecule has 2 aromatic rings. The molecule has 0 spiro atoms. The van der Waals surface area contributed by atoms with Crippen molar-refractivity contribution in [2.24, 2.45) is 7.05 Å². The molecule has 3 rings (SSSR count). The summed E-state index contributed by atoms with van der Waals surface area (Å²) < 4.78 is 1.94. The fourth-order valence-electron chi connectivity index (χ4n) is 2.58. The molecule has 0 saturated carbocycles. The Balaban J connectivity index is 2.07. The van der Waals surface area contributed by atoms with Gasteiger partial charge in [-0.1, -0.05) is 12.1 Å². The third-order valence-corrected chi connectivity index (χ3v) is 3.67. The van der Waals surface area contributed by atoms with E-state index < -0.39 is 0 Å². The van der Waals surface area contributed by atoms with E-state index in [9.17, 15) is 0 Å². The second-order valence-electron chi connectivity index (χ2n) is 4.75. The quantitative estimate of drug-likeness (QED) is 0.813. The lowest BCUT2D eigenvalue weighted by Gasteiger charge is -2.16. The highest BCUT2D eigenvalue weighted by atomic mass is 15.1. The first kappa shape index (κ1) is 10.4. The molecule has 0 bridgehead atoms. The van der Waals surface area contributed by atoms with Crippen LogP contribution in [-0.4, -0.2) is 9.55 Å². The van der Waals surface area contributed by atoms with E-state index in [0.717, 1.165) is 5.69 Å². The average molecular weight is 227 g/mol. The number of aryl methyl sites for hydroxylation is 2. The number of rotatable bonds is 1. The lowest BCUT2D eigenvalue weighted by atomic mass is 9.90. The molecule has 0 amide bonds. The molecule has 2 N–H and O–H groups in total. The van der Waals surface area contributed by atoms with Crippen LogP contribution in [0.2, 0.25) is 0 Å².